The molecular weight excluding hydrogens is 288 g/mol. The number of hydrogen-bond acceptors (Lipinski definition) is 6. The summed E-state index contributed by atoms with van der Waals surface area (Å²) < 4.78 is 7.09. The van der Waals surface area contributed by atoms with Gasteiger partial charge in [0, 0.05) is 26.3 Å². The second-order valence-corrected chi connectivity index (χ2v) is 5.21. The first kappa shape index (κ1) is 14.7. The fourth-order valence-electron chi connectivity index (χ4n) is 2.70. The van der Waals surface area contributed by atoms with E-state index in [2.05, 4.69) is 15.0 Å². The van der Waals surface area contributed by atoms with E-state index in [9.17, 15) is 9.90 Å². The highest BCUT2D eigenvalue weighted by Gasteiger charge is 2.23. The highest BCUT2D eigenvalue weighted by Crippen LogP contribution is 2.22. The molecular formula is C14H18N4O4. The predicted octanol–water partition coefficient (Wildman–Crippen LogP) is 0.405. The minimum Gasteiger partial charge on any atom is -0.476 e. The van der Waals surface area contributed by atoms with E-state index < -0.39 is 5.97 Å². The summed E-state index contributed by atoms with van der Waals surface area (Å²) in [5.41, 5.74) is 0.686. The van der Waals surface area contributed by atoms with Crippen molar-refractivity contribution in [1.82, 2.24) is 14.6 Å². The van der Waals surface area contributed by atoms with E-state index in [1.807, 2.05) is 0 Å². The summed E-state index contributed by atoms with van der Waals surface area (Å²) in [4.78, 5) is 17.6. The van der Waals surface area contributed by atoms with Crippen molar-refractivity contribution in [2.24, 2.45) is 0 Å². The summed E-state index contributed by atoms with van der Waals surface area (Å²) in [6.07, 6.45) is 4.25. The SMILES string of the molecule is O=C(O)c1cnc(N2CCCOC(CCO)C2)c2ccnn12. The van der Waals surface area contributed by atoms with Crippen LogP contribution in [0.15, 0.2) is 18.5 Å². The molecule has 2 N–H and O–H groups in total. The molecule has 0 aliphatic carbocycles. The standard InChI is InChI=1S/C14H18N4O4/c19-6-3-10-9-17(5-1-7-22-10)13-11-2-4-16-18(11)12(8-15-13)14(20)21/h2,4,8,10,19H,1,3,5-7,9H2,(H,20,21). The van der Waals surface area contributed by atoms with Gasteiger partial charge in [-0.05, 0) is 18.9 Å². The molecule has 2 aromatic heterocycles. The Balaban J connectivity index is 1.97. The van der Waals surface area contributed by atoms with Gasteiger partial charge in [-0.15, -0.1) is 0 Å². The van der Waals surface area contributed by atoms with Crippen molar-refractivity contribution >= 4 is 17.3 Å². The van der Waals surface area contributed by atoms with E-state index in [1.165, 1.54) is 10.7 Å². The number of ether oxygens (including phenoxy) is 1. The molecule has 0 spiro atoms. The van der Waals surface area contributed by atoms with Gasteiger partial charge in [0.15, 0.2) is 11.5 Å². The quantitative estimate of drug-likeness (QED) is 0.843. The molecule has 1 unspecified atom stereocenters. The summed E-state index contributed by atoms with van der Waals surface area (Å²) in [5.74, 6) is -0.374. The third kappa shape index (κ3) is 2.75. The number of aliphatic hydroxyl groups is 1. The summed E-state index contributed by atoms with van der Waals surface area (Å²) in [5, 5.41) is 22.4. The van der Waals surface area contributed by atoms with Crippen LogP contribution in [0, 0.1) is 0 Å². The minimum absolute atomic E-state index is 0.0294. The Kier molecular flexibility index (Phi) is 4.21. The fourth-order valence-corrected chi connectivity index (χ4v) is 2.70. The molecule has 0 bridgehead atoms. The molecule has 8 nitrogen and oxygen atoms in total. The number of carboxylic acid groups (broad SMARTS) is 1. The van der Waals surface area contributed by atoms with Gasteiger partial charge in [-0.3, -0.25) is 0 Å². The highest BCUT2D eigenvalue weighted by molar-refractivity contribution is 5.87. The van der Waals surface area contributed by atoms with E-state index in [1.54, 1.807) is 12.3 Å². The van der Waals surface area contributed by atoms with Crippen molar-refractivity contribution < 1.29 is 19.7 Å². The molecule has 0 saturated carbocycles. The Bertz CT molecular complexity index is 672. The maximum Gasteiger partial charge on any atom is 0.356 e. The number of aromatic nitrogens is 3. The van der Waals surface area contributed by atoms with E-state index in [0.717, 1.165) is 13.0 Å². The van der Waals surface area contributed by atoms with Gasteiger partial charge in [-0.25, -0.2) is 14.3 Å². The van der Waals surface area contributed by atoms with Gasteiger partial charge in [-0.1, -0.05) is 0 Å². The zero-order valence-electron chi connectivity index (χ0n) is 12.1. The number of rotatable bonds is 4. The van der Waals surface area contributed by atoms with Crippen LogP contribution in [-0.2, 0) is 4.74 Å². The number of carbonyl (C=O) groups is 1. The summed E-state index contributed by atoms with van der Waals surface area (Å²) in [6.45, 7) is 2.10. The molecule has 118 valence electrons. The van der Waals surface area contributed by atoms with Crippen molar-refractivity contribution in [2.75, 3.05) is 31.2 Å². The Morgan fingerprint density at radius 3 is 3.14 bits per heavy atom. The lowest BCUT2D eigenvalue weighted by Crippen LogP contribution is -2.33. The molecule has 0 radical (unpaired) electrons. The fraction of sp³-hybridized carbons (Fsp3) is 0.500. The largest absolute Gasteiger partial charge is 0.476 e. The van der Waals surface area contributed by atoms with Crippen molar-refractivity contribution in [3.05, 3.63) is 24.2 Å². The third-order valence-corrected chi connectivity index (χ3v) is 3.73. The Morgan fingerprint density at radius 2 is 2.36 bits per heavy atom. The highest BCUT2D eigenvalue weighted by atomic mass is 16.5. The van der Waals surface area contributed by atoms with Gasteiger partial charge in [-0.2, -0.15) is 5.10 Å². The molecule has 0 amide bonds. The summed E-state index contributed by atoms with van der Waals surface area (Å²) in [7, 11) is 0. The summed E-state index contributed by atoms with van der Waals surface area (Å²) in [6, 6.07) is 1.75. The molecule has 8 heteroatoms. The predicted molar refractivity (Wildman–Crippen MR) is 78.2 cm³/mol. The molecule has 1 aliphatic rings. The number of fused-ring (bicyclic) bond motifs is 1. The lowest BCUT2D eigenvalue weighted by atomic mass is 10.2. The number of carboxylic acids is 1. The second-order valence-electron chi connectivity index (χ2n) is 5.21. The van der Waals surface area contributed by atoms with E-state index in [4.69, 9.17) is 9.84 Å². The van der Waals surface area contributed by atoms with E-state index in [0.29, 0.717) is 30.9 Å². The normalized spacial score (nSPS) is 19.3. The molecule has 2 aromatic rings. The average molecular weight is 306 g/mol. The van der Waals surface area contributed by atoms with Crippen LogP contribution in [-0.4, -0.2) is 63.2 Å². The Labute approximate surface area is 126 Å². The van der Waals surface area contributed by atoms with Crippen molar-refractivity contribution in [2.45, 2.75) is 18.9 Å². The Morgan fingerprint density at radius 1 is 1.50 bits per heavy atom. The van der Waals surface area contributed by atoms with Gasteiger partial charge in [0.25, 0.3) is 0 Å². The number of nitrogens with zero attached hydrogens (tertiary/aromatic N) is 4. The van der Waals surface area contributed by atoms with E-state index in [-0.39, 0.29) is 18.4 Å². The molecule has 22 heavy (non-hydrogen) atoms. The maximum absolute atomic E-state index is 11.2. The number of aliphatic hydroxyl groups excluding tert-OH is 1. The third-order valence-electron chi connectivity index (χ3n) is 3.73. The first-order valence-corrected chi connectivity index (χ1v) is 7.24. The van der Waals surface area contributed by atoms with Gasteiger partial charge in [0.05, 0.1) is 18.5 Å². The first-order chi connectivity index (χ1) is 10.7. The van der Waals surface area contributed by atoms with Gasteiger partial charge in [0.2, 0.25) is 0 Å². The minimum atomic E-state index is -1.06. The molecule has 1 saturated heterocycles. The van der Waals surface area contributed by atoms with Crippen LogP contribution in [0.3, 0.4) is 0 Å². The summed E-state index contributed by atoms with van der Waals surface area (Å²) >= 11 is 0. The van der Waals surface area contributed by atoms with E-state index >= 15 is 0 Å². The van der Waals surface area contributed by atoms with Crippen molar-refractivity contribution in [3.8, 4) is 0 Å². The molecule has 0 aromatic carbocycles. The smallest absolute Gasteiger partial charge is 0.356 e. The van der Waals surface area contributed by atoms with Crippen LogP contribution in [0.1, 0.15) is 23.3 Å². The first-order valence-electron chi connectivity index (χ1n) is 7.24. The molecule has 1 atom stereocenters. The Hall–Kier alpha value is -2.19. The van der Waals surface area contributed by atoms with Crippen LogP contribution >= 0.6 is 0 Å². The molecule has 1 fully saturated rings. The van der Waals surface area contributed by atoms with Crippen LogP contribution in [0.5, 0.6) is 0 Å². The molecule has 1 aliphatic heterocycles. The second kappa shape index (κ2) is 6.29. The maximum atomic E-state index is 11.2. The van der Waals surface area contributed by atoms with Gasteiger partial charge >= 0.3 is 5.97 Å². The number of aromatic carboxylic acids is 1. The number of anilines is 1. The van der Waals surface area contributed by atoms with Crippen LogP contribution < -0.4 is 4.90 Å². The zero-order valence-corrected chi connectivity index (χ0v) is 12.1. The number of hydrogen-bond donors (Lipinski definition) is 2. The lowest BCUT2D eigenvalue weighted by molar-refractivity contribution is 0.0502. The van der Waals surface area contributed by atoms with Crippen LogP contribution in [0.25, 0.3) is 5.52 Å². The van der Waals surface area contributed by atoms with Crippen molar-refractivity contribution in [1.29, 1.82) is 0 Å². The van der Waals surface area contributed by atoms with Gasteiger partial charge < -0.3 is 19.8 Å². The van der Waals surface area contributed by atoms with Crippen LogP contribution in [0.2, 0.25) is 0 Å². The molecule has 3 rings (SSSR count). The monoisotopic (exact) mass is 306 g/mol. The average Bonchev–Trinajstić information content (AvgIpc) is 2.87. The van der Waals surface area contributed by atoms with Gasteiger partial charge in [0.1, 0.15) is 5.52 Å². The zero-order chi connectivity index (χ0) is 15.5. The topological polar surface area (TPSA) is 100 Å². The van der Waals surface area contributed by atoms with Crippen molar-refractivity contribution in [3.63, 3.8) is 0 Å². The molecule has 3 heterocycles. The lowest BCUT2D eigenvalue weighted by Gasteiger charge is -2.25. The van der Waals surface area contributed by atoms with Crippen LogP contribution in [0.4, 0.5) is 5.82 Å².